The summed E-state index contributed by atoms with van der Waals surface area (Å²) in [6, 6.07) is 2.08. The molecular formula is C11H17FN2O2S2. The van der Waals surface area contributed by atoms with Gasteiger partial charge in [0.25, 0.3) is 0 Å². The maximum atomic E-state index is 13.2. The van der Waals surface area contributed by atoms with Crippen molar-refractivity contribution in [2.75, 3.05) is 17.7 Å². The summed E-state index contributed by atoms with van der Waals surface area (Å²) in [5.41, 5.74) is 5.57. The van der Waals surface area contributed by atoms with Gasteiger partial charge < -0.3 is 5.73 Å². The fourth-order valence-corrected chi connectivity index (χ4v) is 3.76. The quantitative estimate of drug-likeness (QED) is 0.811. The summed E-state index contributed by atoms with van der Waals surface area (Å²) in [5.74, 6) is 0.0539. The van der Waals surface area contributed by atoms with Crippen LogP contribution in [0.4, 0.5) is 10.1 Å². The summed E-state index contributed by atoms with van der Waals surface area (Å²) in [7, 11) is -3.66. The molecule has 0 bridgehead atoms. The smallest absolute Gasteiger partial charge is 0.241 e. The second-order valence-electron chi connectivity index (χ2n) is 4.12. The molecule has 0 aliphatic rings. The molecule has 0 aliphatic heterocycles. The van der Waals surface area contributed by atoms with Gasteiger partial charge in [0.2, 0.25) is 10.0 Å². The molecule has 0 aliphatic carbocycles. The fraction of sp³-hybridized carbons (Fsp3) is 0.455. The molecule has 0 radical (unpaired) electrons. The van der Waals surface area contributed by atoms with Crippen molar-refractivity contribution in [3.05, 3.63) is 23.5 Å². The molecule has 4 nitrogen and oxygen atoms in total. The Hall–Kier alpha value is -0.790. The lowest BCUT2D eigenvalue weighted by atomic mass is 10.2. The average Bonchev–Trinajstić information content (AvgIpc) is 2.22. The monoisotopic (exact) mass is 292 g/mol. The van der Waals surface area contributed by atoms with Crippen molar-refractivity contribution in [3.63, 3.8) is 0 Å². The van der Waals surface area contributed by atoms with E-state index in [9.17, 15) is 12.8 Å². The van der Waals surface area contributed by atoms with E-state index in [0.717, 1.165) is 12.1 Å². The number of anilines is 1. The molecule has 7 heteroatoms. The van der Waals surface area contributed by atoms with Gasteiger partial charge in [-0.25, -0.2) is 17.5 Å². The zero-order valence-electron chi connectivity index (χ0n) is 10.5. The average molecular weight is 292 g/mol. The van der Waals surface area contributed by atoms with E-state index in [2.05, 4.69) is 4.72 Å². The molecule has 0 fully saturated rings. The van der Waals surface area contributed by atoms with Crippen LogP contribution in [0.25, 0.3) is 0 Å². The summed E-state index contributed by atoms with van der Waals surface area (Å²) in [4.78, 5) is 0.0225. The molecule has 102 valence electrons. The number of benzene rings is 1. The Balaban J connectivity index is 3.09. The number of hydrogen-bond acceptors (Lipinski definition) is 4. The van der Waals surface area contributed by atoms with E-state index in [1.165, 1.54) is 6.92 Å². The van der Waals surface area contributed by atoms with Crippen LogP contribution in [0.5, 0.6) is 0 Å². The molecule has 0 heterocycles. The lowest BCUT2D eigenvalue weighted by Gasteiger charge is -2.15. The highest BCUT2D eigenvalue weighted by atomic mass is 32.2. The molecule has 1 rings (SSSR count). The highest BCUT2D eigenvalue weighted by Gasteiger charge is 2.20. The topological polar surface area (TPSA) is 72.2 Å². The summed E-state index contributed by atoms with van der Waals surface area (Å²) in [6.07, 6.45) is 1.89. The molecule has 3 N–H and O–H groups in total. The fourth-order valence-electron chi connectivity index (χ4n) is 1.57. The van der Waals surface area contributed by atoms with Crippen molar-refractivity contribution < 1.29 is 12.8 Å². The van der Waals surface area contributed by atoms with E-state index in [-0.39, 0.29) is 16.6 Å². The van der Waals surface area contributed by atoms with Crippen molar-refractivity contribution in [3.8, 4) is 0 Å². The van der Waals surface area contributed by atoms with E-state index in [0.29, 0.717) is 11.3 Å². The van der Waals surface area contributed by atoms with Gasteiger partial charge >= 0.3 is 0 Å². The first-order chi connectivity index (χ1) is 8.27. The maximum absolute atomic E-state index is 13.2. The zero-order chi connectivity index (χ0) is 13.9. The van der Waals surface area contributed by atoms with Gasteiger partial charge in [-0.2, -0.15) is 11.8 Å². The summed E-state index contributed by atoms with van der Waals surface area (Å²) < 4.78 is 39.9. The van der Waals surface area contributed by atoms with E-state index in [1.807, 2.05) is 6.26 Å². The van der Waals surface area contributed by atoms with Gasteiger partial charge in [-0.3, -0.25) is 0 Å². The van der Waals surface area contributed by atoms with Crippen molar-refractivity contribution in [1.29, 1.82) is 0 Å². The van der Waals surface area contributed by atoms with Gasteiger partial charge in [0.15, 0.2) is 0 Å². The third-order valence-electron chi connectivity index (χ3n) is 2.36. The Labute approximate surface area is 111 Å². The van der Waals surface area contributed by atoms with Crippen LogP contribution in [0, 0.1) is 12.7 Å². The molecule has 0 amide bonds. The van der Waals surface area contributed by atoms with Crippen molar-refractivity contribution in [2.24, 2.45) is 0 Å². The normalized spacial score (nSPS) is 13.6. The number of nitrogens with two attached hydrogens (primary N) is 1. The molecule has 1 aromatic rings. The predicted molar refractivity (Wildman–Crippen MR) is 73.7 cm³/mol. The summed E-state index contributed by atoms with van der Waals surface area (Å²) in [5, 5.41) is 0. The van der Waals surface area contributed by atoms with Crippen LogP contribution in [0.15, 0.2) is 17.0 Å². The van der Waals surface area contributed by atoms with Gasteiger partial charge in [-0.1, -0.05) is 0 Å². The number of sulfonamides is 1. The molecule has 0 saturated heterocycles. The van der Waals surface area contributed by atoms with Crippen LogP contribution in [0.1, 0.15) is 12.5 Å². The maximum Gasteiger partial charge on any atom is 0.241 e. The Morgan fingerprint density at radius 2 is 2.11 bits per heavy atom. The number of aryl methyl sites for hydroxylation is 1. The van der Waals surface area contributed by atoms with E-state index < -0.39 is 15.8 Å². The van der Waals surface area contributed by atoms with Gasteiger partial charge in [0.05, 0.1) is 10.6 Å². The van der Waals surface area contributed by atoms with Crippen LogP contribution in [0.3, 0.4) is 0 Å². The van der Waals surface area contributed by atoms with Gasteiger partial charge in [-0.15, -0.1) is 0 Å². The molecule has 18 heavy (non-hydrogen) atoms. The third kappa shape index (κ3) is 3.60. The first-order valence-electron chi connectivity index (χ1n) is 5.35. The lowest BCUT2D eigenvalue weighted by Crippen LogP contribution is -2.34. The largest absolute Gasteiger partial charge is 0.396 e. The number of nitrogen functional groups attached to an aromatic ring is 1. The van der Waals surface area contributed by atoms with E-state index >= 15 is 0 Å². The van der Waals surface area contributed by atoms with Gasteiger partial charge in [0.1, 0.15) is 5.82 Å². The molecule has 0 spiro atoms. The molecular weight excluding hydrogens is 275 g/mol. The van der Waals surface area contributed by atoms with Crippen molar-refractivity contribution >= 4 is 27.5 Å². The van der Waals surface area contributed by atoms with Crippen LogP contribution in [-0.2, 0) is 10.0 Å². The Bertz CT molecular complexity index is 532. The van der Waals surface area contributed by atoms with Crippen LogP contribution in [-0.4, -0.2) is 26.5 Å². The van der Waals surface area contributed by atoms with Gasteiger partial charge in [0, 0.05) is 11.8 Å². The second kappa shape index (κ2) is 5.90. The highest BCUT2D eigenvalue weighted by molar-refractivity contribution is 7.98. The third-order valence-corrected chi connectivity index (χ3v) is 4.92. The number of hydrogen-bond donors (Lipinski definition) is 2. The Morgan fingerprint density at radius 3 is 2.67 bits per heavy atom. The first-order valence-corrected chi connectivity index (χ1v) is 8.22. The number of nitrogens with one attached hydrogen (secondary N) is 1. The molecule has 0 saturated carbocycles. The molecule has 1 atom stereocenters. The number of halogens is 1. The van der Waals surface area contributed by atoms with Crippen LogP contribution >= 0.6 is 11.8 Å². The standard InChI is InChI=1S/C11H17FN2O2S2/c1-7-4-9(12)10(13)5-11(7)18(15,16)14-8(2)6-17-3/h4-5,8,14H,6,13H2,1-3H3. The number of rotatable bonds is 5. The summed E-state index contributed by atoms with van der Waals surface area (Å²) >= 11 is 1.54. The highest BCUT2D eigenvalue weighted by Crippen LogP contribution is 2.21. The minimum atomic E-state index is -3.66. The van der Waals surface area contributed by atoms with Crippen LogP contribution < -0.4 is 10.5 Å². The Morgan fingerprint density at radius 1 is 1.50 bits per heavy atom. The predicted octanol–water partition coefficient (Wildman–Crippen LogP) is 1.75. The second-order valence-corrected chi connectivity index (χ2v) is 6.71. The SMILES string of the molecule is CSCC(C)NS(=O)(=O)c1cc(N)c(F)cc1C. The molecule has 1 unspecified atom stereocenters. The minimum absolute atomic E-state index is 0.0225. The van der Waals surface area contributed by atoms with E-state index in [4.69, 9.17) is 5.73 Å². The molecule has 0 aromatic heterocycles. The number of thioether (sulfide) groups is 1. The minimum Gasteiger partial charge on any atom is -0.396 e. The Kier molecular flexibility index (Phi) is 5.01. The van der Waals surface area contributed by atoms with Crippen molar-refractivity contribution in [1.82, 2.24) is 4.72 Å². The summed E-state index contributed by atoms with van der Waals surface area (Å²) in [6.45, 7) is 3.31. The zero-order valence-corrected chi connectivity index (χ0v) is 12.2. The molecule has 1 aromatic carbocycles. The van der Waals surface area contributed by atoms with Gasteiger partial charge in [-0.05, 0) is 37.8 Å². The van der Waals surface area contributed by atoms with E-state index in [1.54, 1.807) is 18.7 Å². The van der Waals surface area contributed by atoms with Crippen molar-refractivity contribution in [2.45, 2.75) is 24.8 Å². The first kappa shape index (κ1) is 15.3. The van der Waals surface area contributed by atoms with Crippen LogP contribution in [0.2, 0.25) is 0 Å². The lowest BCUT2D eigenvalue weighted by molar-refractivity contribution is 0.569.